The van der Waals surface area contributed by atoms with Gasteiger partial charge < -0.3 is 16.2 Å². The number of hydrogen-bond donors (Lipinski definition) is 3. The summed E-state index contributed by atoms with van der Waals surface area (Å²) in [5.74, 6) is -0.829. The molecule has 116 valence electrons. The Bertz CT molecular complexity index is 475. The smallest absolute Gasteiger partial charge is 0.305 e. The van der Waals surface area contributed by atoms with Crippen LogP contribution in [0.3, 0.4) is 0 Å². The molecule has 1 aromatic rings. The van der Waals surface area contributed by atoms with Gasteiger partial charge in [0.25, 0.3) is 0 Å². The Morgan fingerprint density at radius 2 is 2.19 bits per heavy atom. The van der Waals surface area contributed by atoms with Crippen LogP contribution in [0.2, 0.25) is 0 Å². The van der Waals surface area contributed by atoms with E-state index in [1.165, 1.54) is 11.3 Å². The van der Waals surface area contributed by atoms with Crippen molar-refractivity contribution in [3.05, 3.63) is 22.4 Å². The van der Waals surface area contributed by atoms with Crippen molar-refractivity contribution >= 4 is 23.2 Å². The van der Waals surface area contributed by atoms with Crippen LogP contribution in [0.15, 0.2) is 17.5 Å². The number of amides is 1. The van der Waals surface area contributed by atoms with Crippen LogP contribution in [0.25, 0.3) is 0 Å². The van der Waals surface area contributed by atoms with E-state index in [0.717, 1.165) is 30.6 Å². The number of carbonyl (C=O) groups excluding carboxylic acids is 1. The minimum absolute atomic E-state index is 0.0511. The fourth-order valence-electron chi connectivity index (χ4n) is 3.00. The standard InChI is InChI=1S/C15H22N2O3S/c16-9-10-4-1-2-5-11(10)15(20)17-12(8-14(18)19)13-6-3-7-21-13/h3,6-7,10-12H,1-2,4-5,8-9,16H2,(H,17,20)(H,18,19). The lowest BCUT2D eigenvalue weighted by atomic mass is 9.78. The zero-order chi connectivity index (χ0) is 15.2. The van der Waals surface area contributed by atoms with Gasteiger partial charge in [0.15, 0.2) is 0 Å². The van der Waals surface area contributed by atoms with Crippen LogP contribution >= 0.6 is 11.3 Å². The molecular formula is C15H22N2O3S. The third-order valence-corrected chi connectivity index (χ3v) is 5.12. The molecule has 2 rings (SSSR count). The van der Waals surface area contributed by atoms with Crippen LogP contribution in [-0.4, -0.2) is 23.5 Å². The van der Waals surface area contributed by atoms with Crippen molar-refractivity contribution < 1.29 is 14.7 Å². The van der Waals surface area contributed by atoms with Gasteiger partial charge in [-0.2, -0.15) is 0 Å². The first-order valence-electron chi connectivity index (χ1n) is 7.37. The number of carboxylic acid groups (broad SMARTS) is 1. The van der Waals surface area contributed by atoms with Crippen molar-refractivity contribution in [2.45, 2.75) is 38.1 Å². The molecule has 4 N–H and O–H groups in total. The SMILES string of the molecule is NCC1CCCCC1C(=O)NC(CC(=O)O)c1cccs1. The summed E-state index contributed by atoms with van der Waals surface area (Å²) in [6.45, 7) is 0.515. The predicted octanol–water partition coefficient (Wildman–Crippen LogP) is 2.15. The highest BCUT2D eigenvalue weighted by molar-refractivity contribution is 7.10. The van der Waals surface area contributed by atoms with Crippen molar-refractivity contribution in [3.8, 4) is 0 Å². The average molecular weight is 310 g/mol. The maximum absolute atomic E-state index is 12.5. The highest BCUT2D eigenvalue weighted by atomic mass is 32.1. The molecule has 0 radical (unpaired) electrons. The molecule has 0 bridgehead atoms. The topological polar surface area (TPSA) is 92.4 Å². The molecular weight excluding hydrogens is 288 g/mol. The van der Waals surface area contributed by atoms with Crippen molar-refractivity contribution in [2.75, 3.05) is 6.54 Å². The Hall–Kier alpha value is -1.40. The lowest BCUT2D eigenvalue weighted by Crippen LogP contribution is -2.41. The Labute approximate surface area is 128 Å². The molecule has 0 saturated heterocycles. The maximum atomic E-state index is 12.5. The van der Waals surface area contributed by atoms with E-state index >= 15 is 0 Å². The third kappa shape index (κ3) is 4.28. The summed E-state index contributed by atoms with van der Waals surface area (Å²) in [6, 6.07) is 3.28. The molecule has 1 heterocycles. The number of aliphatic carboxylic acids is 1. The largest absolute Gasteiger partial charge is 0.481 e. The van der Waals surface area contributed by atoms with Gasteiger partial charge in [-0.05, 0) is 36.8 Å². The second-order valence-electron chi connectivity index (χ2n) is 5.56. The minimum atomic E-state index is -0.910. The first kappa shape index (κ1) is 16.0. The molecule has 1 saturated carbocycles. The Kier molecular flexibility index (Phi) is 5.76. The molecule has 1 aromatic heterocycles. The molecule has 1 amide bonds. The van der Waals surface area contributed by atoms with Crippen LogP contribution in [0, 0.1) is 11.8 Å². The van der Waals surface area contributed by atoms with Crippen molar-refractivity contribution in [1.82, 2.24) is 5.32 Å². The number of nitrogens with one attached hydrogen (secondary N) is 1. The zero-order valence-electron chi connectivity index (χ0n) is 12.0. The molecule has 5 nitrogen and oxygen atoms in total. The lowest BCUT2D eigenvalue weighted by Gasteiger charge is -2.30. The van der Waals surface area contributed by atoms with Crippen LogP contribution < -0.4 is 11.1 Å². The van der Waals surface area contributed by atoms with Gasteiger partial charge in [-0.15, -0.1) is 11.3 Å². The first-order chi connectivity index (χ1) is 10.1. The van der Waals surface area contributed by atoms with Gasteiger partial charge in [0.1, 0.15) is 0 Å². The highest BCUT2D eigenvalue weighted by Crippen LogP contribution is 2.31. The summed E-state index contributed by atoms with van der Waals surface area (Å²) in [6.07, 6.45) is 3.90. The van der Waals surface area contributed by atoms with Crippen LogP contribution in [0.5, 0.6) is 0 Å². The molecule has 1 aliphatic carbocycles. The van der Waals surface area contributed by atoms with E-state index < -0.39 is 12.0 Å². The third-order valence-electron chi connectivity index (χ3n) is 4.13. The summed E-state index contributed by atoms with van der Waals surface area (Å²) in [4.78, 5) is 24.4. The zero-order valence-corrected chi connectivity index (χ0v) is 12.8. The van der Waals surface area contributed by atoms with Gasteiger partial charge in [0.2, 0.25) is 5.91 Å². The highest BCUT2D eigenvalue weighted by Gasteiger charge is 2.31. The van der Waals surface area contributed by atoms with E-state index in [0.29, 0.717) is 6.54 Å². The quantitative estimate of drug-likeness (QED) is 0.750. The fourth-order valence-corrected chi connectivity index (χ4v) is 3.78. The van der Waals surface area contributed by atoms with E-state index in [1.807, 2.05) is 17.5 Å². The lowest BCUT2D eigenvalue weighted by molar-refractivity contribution is -0.138. The van der Waals surface area contributed by atoms with Crippen molar-refractivity contribution in [1.29, 1.82) is 0 Å². The van der Waals surface area contributed by atoms with Gasteiger partial charge in [-0.3, -0.25) is 9.59 Å². The number of carbonyl (C=O) groups is 2. The molecule has 21 heavy (non-hydrogen) atoms. The number of hydrogen-bond acceptors (Lipinski definition) is 4. The normalized spacial score (nSPS) is 23.5. The Morgan fingerprint density at radius 3 is 2.81 bits per heavy atom. The summed E-state index contributed by atoms with van der Waals surface area (Å²) < 4.78 is 0. The van der Waals surface area contributed by atoms with E-state index in [-0.39, 0.29) is 24.2 Å². The number of thiophene rings is 1. The van der Waals surface area contributed by atoms with Gasteiger partial charge in [-0.25, -0.2) is 0 Å². The van der Waals surface area contributed by atoms with Crippen LogP contribution in [-0.2, 0) is 9.59 Å². The summed E-state index contributed by atoms with van der Waals surface area (Å²) in [5, 5.41) is 13.8. The van der Waals surface area contributed by atoms with Crippen LogP contribution in [0.4, 0.5) is 0 Å². The average Bonchev–Trinajstić information content (AvgIpc) is 3.00. The monoisotopic (exact) mass is 310 g/mol. The molecule has 0 aromatic carbocycles. The summed E-state index contributed by atoms with van der Waals surface area (Å²) in [5.41, 5.74) is 5.77. The number of carboxylic acids is 1. The second-order valence-corrected chi connectivity index (χ2v) is 6.54. The molecule has 1 aliphatic rings. The molecule has 3 atom stereocenters. The van der Waals surface area contributed by atoms with E-state index in [2.05, 4.69) is 5.32 Å². The first-order valence-corrected chi connectivity index (χ1v) is 8.25. The van der Waals surface area contributed by atoms with Gasteiger partial charge >= 0.3 is 5.97 Å². The molecule has 1 fully saturated rings. The molecule has 0 aliphatic heterocycles. The predicted molar refractivity (Wildman–Crippen MR) is 82.0 cm³/mol. The molecule has 3 unspecified atom stereocenters. The Balaban J connectivity index is 2.05. The van der Waals surface area contributed by atoms with E-state index in [9.17, 15) is 9.59 Å². The maximum Gasteiger partial charge on any atom is 0.305 e. The van der Waals surface area contributed by atoms with Crippen molar-refractivity contribution in [3.63, 3.8) is 0 Å². The van der Waals surface area contributed by atoms with Gasteiger partial charge in [0.05, 0.1) is 12.5 Å². The summed E-state index contributed by atoms with van der Waals surface area (Å²) >= 11 is 1.47. The van der Waals surface area contributed by atoms with E-state index in [1.54, 1.807) is 0 Å². The minimum Gasteiger partial charge on any atom is -0.481 e. The van der Waals surface area contributed by atoms with Crippen molar-refractivity contribution in [2.24, 2.45) is 17.6 Å². The van der Waals surface area contributed by atoms with Gasteiger partial charge in [-0.1, -0.05) is 18.9 Å². The molecule has 6 heteroatoms. The van der Waals surface area contributed by atoms with Gasteiger partial charge in [0, 0.05) is 10.8 Å². The summed E-state index contributed by atoms with van der Waals surface area (Å²) in [7, 11) is 0. The van der Waals surface area contributed by atoms with Crippen LogP contribution in [0.1, 0.15) is 43.0 Å². The number of rotatable bonds is 6. The number of nitrogens with two attached hydrogens (primary N) is 1. The van der Waals surface area contributed by atoms with E-state index in [4.69, 9.17) is 10.8 Å². The Morgan fingerprint density at radius 1 is 1.43 bits per heavy atom. The fraction of sp³-hybridized carbons (Fsp3) is 0.600. The molecule has 0 spiro atoms. The second kappa shape index (κ2) is 7.56.